The van der Waals surface area contributed by atoms with Gasteiger partial charge in [-0.1, -0.05) is 0 Å². The minimum absolute atomic E-state index is 0.159. The maximum Gasteiger partial charge on any atom is 0.389 e. The lowest BCUT2D eigenvalue weighted by Gasteiger charge is -2.05. The molecule has 0 atom stereocenters. The first-order valence-electron chi connectivity index (χ1n) is 4.33. The fraction of sp³-hybridized carbons (Fsp3) is 0.250. The zero-order valence-electron chi connectivity index (χ0n) is 8.37. The maximum absolute atomic E-state index is 10.7. The van der Waals surface area contributed by atoms with Gasteiger partial charge in [0.05, 0.1) is 16.5 Å². The van der Waals surface area contributed by atoms with E-state index in [1.165, 1.54) is 12.1 Å². The Morgan fingerprint density at radius 3 is 2.25 bits per heavy atom. The Bertz CT molecular complexity index is 446. The van der Waals surface area contributed by atoms with Crippen LogP contribution in [-0.4, -0.2) is 16.5 Å². The van der Waals surface area contributed by atoms with Crippen molar-refractivity contribution in [2.24, 2.45) is 0 Å². The Labute approximate surface area is 89.9 Å². The lowest BCUT2D eigenvalue weighted by molar-refractivity contribution is -0.422. The summed E-state index contributed by atoms with van der Waals surface area (Å²) < 4.78 is 4.94. The van der Waals surface area contributed by atoms with Gasteiger partial charge in [0.2, 0.25) is 5.75 Å². The molecule has 0 saturated heterocycles. The molecule has 0 saturated carbocycles. The van der Waals surface area contributed by atoms with Gasteiger partial charge < -0.3 is 10.5 Å². The van der Waals surface area contributed by atoms with Crippen LogP contribution in [-0.2, 0) is 0 Å². The van der Waals surface area contributed by atoms with Gasteiger partial charge in [0.15, 0.2) is 0 Å². The van der Waals surface area contributed by atoms with Gasteiger partial charge in [0, 0.05) is 0 Å². The van der Waals surface area contributed by atoms with Crippen molar-refractivity contribution in [1.29, 1.82) is 0 Å². The molecule has 0 radical (unpaired) electrons. The highest BCUT2D eigenvalue weighted by molar-refractivity contribution is 5.74. The molecule has 0 bridgehead atoms. The SMILES string of the molecule is CCOc1ccc(N)c([N+](=O)[O-])c1[N+](=O)[O-]. The highest BCUT2D eigenvalue weighted by atomic mass is 16.6. The molecule has 0 heterocycles. The van der Waals surface area contributed by atoms with Crippen LogP contribution in [0.2, 0.25) is 0 Å². The average Bonchev–Trinajstić information content (AvgIpc) is 2.19. The Hall–Kier alpha value is -2.38. The molecule has 8 heteroatoms. The first-order valence-corrected chi connectivity index (χ1v) is 4.33. The number of nitrogens with zero attached hydrogens (tertiary/aromatic N) is 2. The zero-order valence-corrected chi connectivity index (χ0v) is 8.37. The van der Waals surface area contributed by atoms with Gasteiger partial charge in [-0.25, -0.2) is 0 Å². The summed E-state index contributed by atoms with van der Waals surface area (Å²) in [7, 11) is 0. The maximum atomic E-state index is 10.7. The summed E-state index contributed by atoms with van der Waals surface area (Å²) in [5, 5.41) is 21.4. The van der Waals surface area contributed by atoms with E-state index in [1.54, 1.807) is 6.92 Å². The summed E-state index contributed by atoms with van der Waals surface area (Å²) in [6.07, 6.45) is 0. The number of nitro groups is 2. The van der Waals surface area contributed by atoms with E-state index in [9.17, 15) is 20.2 Å². The van der Waals surface area contributed by atoms with Gasteiger partial charge in [0.1, 0.15) is 5.69 Å². The second-order valence-electron chi connectivity index (χ2n) is 2.80. The van der Waals surface area contributed by atoms with Gasteiger partial charge >= 0.3 is 11.4 Å². The molecule has 16 heavy (non-hydrogen) atoms. The van der Waals surface area contributed by atoms with Crippen molar-refractivity contribution < 1.29 is 14.6 Å². The largest absolute Gasteiger partial charge is 0.487 e. The molecule has 0 aliphatic rings. The predicted octanol–water partition coefficient (Wildman–Crippen LogP) is 1.48. The van der Waals surface area contributed by atoms with Crippen LogP contribution in [0.5, 0.6) is 5.75 Å². The molecule has 1 rings (SSSR count). The molecule has 0 amide bonds. The number of hydrogen-bond acceptors (Lipinski definition) is 6. The van der Waals surface area contributed by atoms with E-state index in [-0.39, 0.29) is 18.0 Å². The fourth-order valence-electron chi connectivity index (χ4n) is 1.22. The van der Waals surface area contributed by atoms with E-state index < -0.39 is 21.2 Å². The number of hydrogen-bond donors (Lipinski definition) is 1. The van der Waals surface area contributed by atoms with Gasteiger partial charge in [-0.05, 0) is 19.1 Å². The number of nitrogens with two attached hydrogens (primary N) is 1. The summed E-state index contributed by atoms with van der Waals surface area (Å²) in [5.41, 5.74) is 3.60. The Kier molecular flexibility index (Phi) is 3.24. The lowest BCUT2D eigenvalue weighted by Crippen LogP contribution is -2.04. The van der Waals surface area contributed by atoms with Crippen LogP contribution in [0.15, 0.2) is 12.1 Å². The standard InChI is InChI=1S/C8H9N3O5/c1-2-16-6-4-3-5(9)7(10(12)13)8(6)11(14)15/h3-4H,2,9H2,1H3. The topological polar surface area (TPSA) is 122 Å². The second kappa shape index (κ2) is 4.43. The van der Waals surface area contributed by atoms with E-state index >= 15 is 0 Å². The summed E-state index contributed by atoms with van der Waals surface area (Å²) in [6, 6.07) is 2.44. The third-order valence-corrected chi connectivity index (χ3v) is 1.81. The molecule has 0 aliphatic carbocycles. The third-order valence-electron chi connectivity index (χ3n) is 1.81. The highest BCUT2D eigenvalue weighted by Gasteiger charge is 2.32. The molecule has 86 valence electrons. The van der Waals surface area contributed by atoms with Crippen LogP contribution in [0, 0.1) is 20.2 Å². The summed E-state index contributed by atoms with van der Waals surface area (Å²) in [4.78, 5) is 19.6. The molecule has 0 spiro atoms. The molecule has 0 aliphatic heterocycles. The monoisotopic (exact) mass is 227 g/mol. The van der Waals surface area contributed by atoms with E-state index in [1.807, 2.05) is 0 Å². The minimum Gasteiger partial charge on any atom is -0.487 e. The fourth-order valence-corrected chi connectivity index (χ4v) is 1.22. The molecular weight excluding hydrogens is 218 g/mol. The van der Waals surface area contributed by atoms with E-state index in [0.29, 0.717) is 0 Å². The number of nitro benzene ring substituents is 2. The van der Waals surface area contributed by atoms with Crippen molar-refractivity contribution in [3.63, 3.8) is 0 Å². The van der Waals surface area contributed by atoms with Crippen molar-refractivity contribution in [2.75, 3.05) is 12.3 Å². The van der Waals surface area contributed by atoms with Crippen LogP contribution in [0.3, 0.4) is 0 Å². The Morgan fingerprint density at radius 1 is 1.25 bits per heavy atom. The minimum atomic E-state index is -0.893. The van der Waals surface area contributed by atoms with Crippen LogP contribution in [0.1, 0.15) is 6.92 Å². The van der Waals surface area contributed by atoms with Crippen molar-refractivity contribution in [3.8, 4) is 5.75 Å². The smallest absolute Gasteiger partial charge is 0.389 e. The normalized spacial score (nSPS) is 9.81. The molecule has 2 N–H and O–H groups in total. The molecular formula is C8H9N3O5. The van der Waals surface area contributed by atoms with Gasteiger partial charge in [-0.3, -0.25) is 20.2 Å². The first kappa shape index (κ1) is 11.7. The van der Waals surface area contributed by atoms with Crippen LogP contribution < -0.4 is 10.5 Å². The van der Waals surface area contributed by atoms with Crippen molar-refractivity contribution in [3.05, 3.63) is 32.4 Å². The van der Waals surface area contributed by atoms with Gasteiger partial charge in [0.25, 0.3) is 0 Å². The highest BCUT2D eigenvalue weighted by Crippen LogP contribution is 2.40. The van der Waals surface area contributed by atoms with Crippen LogP contribution in [0.25, 0.3) is 0 Å². The quantitative estimate of drug-likeness (QED) is 0.472. The van der Waals surface area contributed by atoms with Gasteiger partial charge in [-0.15, -0.1) is 0 Å². The molecule has 0 unspecified atom stereocenters. The predicted molar refractivity (Wildman–Crippen MR) is 55.3 cm³/mol. The molecule has 0 aromatic heterocycles. The number of nitrogen functional groups attached to an aromatic ring is 1. The third kappa shape index (κ3) is 2.00. The summed E-state index contributed by atoms with van der Waals surface area (Å²) >= 11 is 0. The van der Waals surface area contributed by atoms with Crippen LogP contribution in [0.4, 0.5) is 17.1 Å². The van der Waals surface area contributed by atoms with Crippen LogP contribution >= 0.6 is 0 Å². The zero-order chi connectivity index (χ0) is 12.3. The van der Waals surface area contributed by atoms with Crippen molar-refractivity contribution >= 4 is 17.1 Å². The van der Waals surface area contributed by atoms with E-state index in [2.05, 4.69) is 0 Å². The van der Waals surface area contributed by atoms with Crippen molar-refractivity contribution in [2.45, 2.75) is 6.92 Å². The number of anilines is 1. The van der Waals surface area contributed by atoms with E-state index in [0.717, 1.165) is 0 Å². The number of ether oxygens (including phenoxy) is 1. The second-order valence-corrected chi connectivity index (χ2v) is 2.80. The molecule has 0 fully saturated rings. The van der Waals surface area contributed by atoms with Crippen molar-refractivity contribution in [1.82, 2.24) is 0 Å². The number of benzene rings is 1. The lowest BCUT2D eigenvalue weighted by atomic mass is 10.2. The molecule has 8 nitrogen and oxygen atoms in total. The number of rotatable bonds is 4. The first-order chi connectivity index (χ1) is 7.49. The van der Waals surface area contributed by atoms with Gasteiger partial charge in [-0.2, -0.15) is 0 Å². The van der Waals surface area contributed by atoms with E-state index in [4.69, 9.17) is 10.5 Å². The molecule has 1 aromatic rings. The Morgan fingerprint density at radius 2 is 1.81 bits per heavy atom. The summed E-state index contributed by atoms with van der Waals surface area (Å²) in [5.74, 6) is -0.159. The molecule has 1 aromatic carbocycles. The Balaban J connectivity index is 3.49. The average molecular weight is 227 g/mol. The summed E-state index contributed by atoms with van der Waals surface area (Å²) in [6.45, 7) is 1.79.